The maximum absolute atomic E-state index is 12.2. The Morgan fingerprint density at radius 3 is 2.79 bits per heavy atom. The molecular weight excluding hydrogens is 244 g/mol. The minimum Gasteiger partial charge on any atom is -0.320 e. The minimum absolute atomic E-state index is 0.000560. The van der Waals surface area contributed by atoms with Gasteiger partial charge in [0, 0.05) is 6.07 Å². The zero-order valence-electron chi connectivity index (χ0n) is 10.8. The van der Waals surface area contributed by atoms with Gasteiger partial charge in [-0.1, -0.05) is 25.5 Å². The Morgan fingerprint density at radius 2 is 2.16 bits per heavy atom. The van der Waals surface area contributed by atoms with Crippen LogP contribution >= 0.6 is 0 Å². The summed E-state index contributed by atoms with van der Waals surface area (Å²) in [5.41, 5.74) is 1.21. The second-order valence-corrected chi connectivity index (χ2v) is 5.64. The van der Waals surface area contributed by atoms with Gasteiger partial charge in [-0.3, -0.25) is 14.9 Å². The number of nitrogens with one attached hydrogen (secondary N) is 1. The SMILES string of the molecule is CC1CCC(C2C(=O)Nc3c2cccc3[N+](=O)[O-])C1. The normalized spacial score (nSPS) is 29.1. The molecule has 5 nitrogen and oxygen atoms in total. The first-order chi connectivity index (χ1) is 9.08. The molecule has 0 bridgehead atoms. The summed E-state index contributed by atoms with van der Waals surface area (Å²) in [4.78, 5) is 22.7. The number of nitro benzene ring substituents is 1. The van der Waals surface area contributed by atoms with Crippen LogP contribution in [0.25, 0.3) is 0 Å². The van der Waals surface area contributed by atoms with E-state index in [4.69, 9.17) is 0 Å². The van der Waals surface area contributed by atoms with Gasteiger partial charge in [-0.05, 0) is 30.2 Å². The number of carbonyl (C=O) groups excluding carboxylic acids is 1. The highest BCUT2D eigenvalue weighted by atomic mass is 16.6. The maximum atomic E-state index is 12.2. The number of carbonyl (C=O) groups is 1. The number of amides is 1. The van der Waals surface area contributed by atoms with Crippen LogP contribution in [-0.2, 0) is 4.79 Å². The van der Waals surface area contributed by atoms with Gasteiger partial charge in [0.1, 0.15) is 5.69 Å². The number of nitrogens with zero attached hydrogens (tertiary/aromatic N) is 1. The number of hydrogen-bond donors (Lipinski definition) is 1. The molecule has 0 spiro atoms. The molecule has 100 valence electrons. The van der Waals surface area contributed by atoms with Crippen LogP contribution < -0.4 is 5.32 Å². The molecule has 1 aliphatic carbocycles. The van der Waals surface area contributed by atoms with Crippen LogP contribution in [0.1, 0.15) is 37.7 Å². The summed E-state index contributed by atoms with van der Waals surface area (Å²) in [6, 6.07) is 4.95. The fourth-order valence-corrected chi connectivity index (χ4v) is 3.47. The molecule has 19 heavy (non-hydrogen) atoms. The van der Waals surface area contributed by atoms with Crippen LogP contribution in [0.15, 0.2) is 18.2 Å². The van der Waals surface area contributed by atoms with Gasteiger partial charge in [0.2, 0.25) is 5.91 Å². The van der Waals surface area contributed by atoms with Crippen LogP contribution in [0.3, 0.4) is 0 Å². The Bertz CT molecular complexity index is 556. The van der Waals surface area contributed by atoms with E-state index in [1.54, 1.807) is 6.07 Å². The van der Waals surface area contributed by atoms with Crippen molar-refractivity contribution in [2.45, 2.75) is 32.1 Å². The number of rotatable bonds is 2. The molecule has 0 radical (unpaired) electrons. The second-order valence-electron chi connectivity index (χ2n) is 5.64. The smallest absolute Gasteiger partial charge is 0.293 e. The van der Waals surface area contributed by atoms with Gasteiger partial charge in [0.15, 0.2) is 0 Å². The van der Waals surface area contributed by atoms with Crippen molar-refractivity contribution < 1.29 is 9.72 Å². The molecule has 0 saturated heterocycles. The van der Waals surface area contributed by atoms with E-state index in [1.165, 1.54) is 6.07 Å². The van der Waals surface area contributed by atoms with E-state index < -0.39 is 4.92 Å². The fraction of sp³-hybridized carbons (Fsp3) is 0.500. The molecule has 3 rings (SSSR count). The summed E-state index contributed by atoms with van der Waals surface area (Å²) in [6.07, 6.45) is 3.19. The van der Waals surface area contributed by atoms with Gasteiger partial charge in [-0.2, -0.15) is 0 Å². The number of para-hydroxylation sites is 1. The lowest BCUT2D eigenvalue weighted by Crippen LogP contribution is -2.19. The lowest BCUT2D eigenvalue weighted by Gasteiger charge is -2.16. The van der Waals surface area contributed by atoms with Crippen molar-refractivity contribution in [3.05, 3.63) is 33.9 Å². The highest BCUT2D eigenvalue weighted by Crippen LogP contribution is 2.47. The summed E-state index contributed by atoms with van der Waals surface area (Å²) < 4.78 is 0. The van der Waals surface area contributed by atoms with Gasteiger partial charge >= 0.3 is 0 Å². The number of nitro groups is 1. The van der Waals surface area contributed by atoms with Gasteiger partial charge in [0.25, 0.3) is 5.69 Å². The highest BCUT2D eigenvalue weighted by Gasteiger charge is 2.42. The third kappa shape index (κ3) is 1.89. The van der Waals surface area contributed by atoms with E-state index in [0.29, 0.717) is 17.5 Å². The first-order valence-corrected chi connectivity index (χ1v) is 6.66. The predicted molar refractivity (Wildman–Crippen MR) is 71.0 cm³/mol. The van der Waals surface area contributed by atoms with E-state index in [9.17, 15) is 14.9 Å². The quantitative estimate of drug-likeness (QED) is 0.656. The topological polar surface area (TPSA) is 72.2 Å². The summed E-state index contributed by atoms with van der Waals surface area (Å²) in [5.74, 6) is 0.669. The molecule has 1 aromatic rings. The third-order valence-corrected chi connectivity index (χ3v) is 4.34. The van der Waals surface area contributed by atoms with Crippen molar-refractivity contribution in [3.8, 4) is 0 Å². The van der Waals surface area contributed by atoms with E-state index in [2.05, 4.69) is 12.2 Å². The van der Waals surface area contributed by atoms with Crippen LogP contribution in [0.2, 0.25) is 0 Å². The first-order valence-electron chi connectivity index (χ1n) is 6.66. The van der Waals surface area contributed by atoms with E-state index in [-0.39, 0.29) is 17.5 Å². The van der Waals surface area contributed by atoms with E-state index >= 15 is 0 Å². The molecule has 1 heterocycles. The second kappa shape index (κ2) is 4.33. The summed E-state index contributed by atoms with van der Waals surface area (Å²) >= 11 is 0. The minimum atomic E-state index is -0.432. The molecule has 1 saturated carbocycles. The van der Waals surface area contributed by atoms with Crippen molar-refractivity contribution in [3.63, 3.8) is 0 Å². The van der Waals surface area contributed by atoms with Crippen molar-refractivity contribution in [1.29, 1.82) is 0 Å². The van der Waals surface area contributed by atoms with Gasteiger partial charge < -0.3 is 5.32 Å². The largest absolute Gasteiger partial charge is 0.320 e. The number of hydrogen-bond acceptors (Lipinski definition) is 3. The molecule has 2 aliphatic rings. The Hall–Kier alpha value is -1.91. The van der Waals surface area contributed by atoms with Crippen LogP contribution in [0, 0.1) is 22.0 Å². The standard InChI is InChI=1S/C14H16N2O3/c1-8-5-6-9(7-8)12-10-3-2-4-11(16(18)19)13(10)15-14(12)17/h2-4,8-9,12H,5-7H2,1H3,(H,15,17). The van der Waals surface area contributed by atoms with Crippen molar-refractivity contribution >= 4 is 17.3 Å². The third-order valence-electron chi connectivity index (χ3n) is 4.34. The Morgan fingerprint density at radius 1 is 1.37 bits per heavy atom. The average Bonchev–Trinajstić information content (AvgIpc) is 2.90. The number of fused-ring (bicyclic) bond motifs is 1. The van der Waals surface area contributed by atoms with Gasteiger partial charge in [-0.15, -0.1) is 0 Å². The molecular formula is C14H16N2O3. The molecule has 3 atom stereocenters. The Labute approximate surface area is 111 Å². The molecule has 0 aromatic heterocycles. The molecule has 1 aromatic carbocycles. The lowest BCUT2D eigenvalue weighted by atomic mass is 9.85. The summed E-state index contributed by atoms with van der Waals surface area (Å²) in [7, 11) is 0. The van der Waals surface area contributed by atoms with E-state index in [1.807, 2.05) is 6.07 Å². The molecule has 5 heteroatoms. The zero-order valence-corrected chi connectivity index (χ0v) is 10.8. The monoisotopic (exact) mass is 260 g/mol. The molecule has 1 fully saturated rings. The lowest BCUT2D eigenvalue weighted by molar-refractivity contribution is -0.383. The molecule has 1 amide bonds. The number of benzene rings is 1. The highest BCUT2D eigenvalue weighted by molar-refractivity contribution is 6.05. The zero-order chi connectivity index (χ0) is 13.6. The average molecular weight is 260 g/mol. The fourth-order valence-electron chi connectivity index (χ4n) is 3.47. The van der Waals surface area contributed by atoms with Crippen molar-refractivity contribution in [2.75, 3.05) is 5.32 Å². The maximum Gasteiger partial charge on any atom is 0.293 e. The van der Waals surface area contributed by atoms with Gasteiger partial charge in [0.05, 0.1) is 10.8 Å². The summed E-state index contributed by atoms with van der Waals surface area (Å²) in [6.45, 7) is 2.20. The van der Waals surface area contributed by atoms with Crippen LogP contribution in [0.4, 0.5) is 11.4 Å². The van der Waals surface area contributed by atoms with Crippen LogP contribution in [-0.4, -0.2) is 10.8 Å². The van der Waals surface area contributed by atoms with Gasteiger partial charge in [-0.25, -0.2) is 0 Å². The molecule has 3 unspecified atom stereocenters. The van der Waals surface area contributed by atoms with Crippen molar-refractivity contribution in [2.24, 2.45) is 11.8 Å². The Kier molecular flexibility index (Phi) is 2.77. The molecule has 1 N–H and O–H groups in total. The number of anilines is 1. The molecule has 1 aliphatic heterocycles. The van der Waals surface area contributed by atoms with Crippen LogP contribution in [0.5, 0.6) is 0 Å². The van der Waals surface area contributed by atoms with Crippen molar-refractivity contribution in [1.82, 2.24) is 0 Å². The Balaban J connectivity index is 2.01. The summed E-state index contributed by atoms with van der Waals surface area (Å²) in [5, 5.41) is 13.7. The first kappa shape index (κ1) is 12.1. The van der Waals surface area contributed by atoms with E-state index in [0.717, 1.165) is 24.8 Å². The predicted octanol–water partition coefficient (Wildman–Crippen LogP) is 3.07.